The molecule has 3 nitrogen and oxygen atoms in total. The molecular weight excluding hydrogens is 293 g/mol. The fraction of sp³-hybridized carbons (Fsp3) is 0.308. The molecular formula is C13H12ClF3N2O. The summed E-state index contributed by atoms with van der Waals surface area (Å²) in [5.74, 6) is -0.723. The summed E-state index contributed by atoms with van der Waals surface area (Å²) in [5, 5.41) is 2.35. The SMILES string of the molecule is NC1C=CC(C(=O)Nc2ccc(C(F)(F)F)cc2Cl)C1. The van der Waals surface area contributed by atoms with Crippen molar-refractivity contribution in [1.29, 1.82) is 0 Å². The van der Waals surface area contributed by atoms with Crippen molar-refractivity contribution >= 4 is 23.2 Å². The smallest absolute Gasteiger partial charge is 0.324 e. The third-order valence-electron chi connectivity index (χ3n) is 3.01. The van der Waals surface area contributed by atoms with Crippen LogP contribution in [0.2, 0.25) is 5.02 Å². The van der Waals surface area contributed by atoms with E-state index in [2.05, 4.69) is 5.32 Å². The Morgan fingerprint density at radius 3 is 2.55 bits per heavy atom. The van der Waals surface area contributed by atoms with Gasteiger partial charge in [0.25, 0.3) is 0 Å². The Labute approximate surface area is 118 Å². The summed E-state index contributed by atoms with van der Waals surface area (Å²) in [6, 6.07) is 2.63. The second-order valence-electron chi connectivity index (χ2n) is 4.57. The quantitative estimate of drug-likeness (QED) is 0.824. The van der Waals surface area contributed by atoms with E-state index in [4.69, 9.17) is 17.3 Å². The first-order chi connectivity index (χ1) is 9.27. The molecule has 1 aromatic carbocycles. The number of rotatable bonds is 2. The first-order valence-electron chi connectivity index (χ1n) is 5.89. The number of carbonyl (C=O) groups is 1. The van der Waals surface area contributed by atoms with E-state index < -0.39 is 11.7 Å². The molecule has 7 heteroatoms. The van der Waals surface area contributed by atoms with Crippen LogP contribution in [0.4, 0.5) is 18.9 Å². The normalized spacial score (nSPS) is 22.1. The van der Waals surface area contributed by atoms with Gasteiger partial charge in [-0.15, -0.1) is 0 Å². The van der Waals surface area contributed by atoms with Gasteiger partial charge >= 0.3 is 6.18 Å². The molecule has 0 aromatic heterocycles. The molecule has 2 unspecified atom stereocenters. The lowest BCUT2D eigenvalue weighted by Crippen LogP contribution is -2.24. The topological polar surface area (TPSA) is 55.1 Å². The highest BCUT2D eigenvalue weighted by Gasteiger charge is 2.31. The molecule has 2 atom stereocenters. The van der Waals surface area contributed by atoms with Crippen LogP contribution in [0.25, 0.3) is 0 Å². The molecule has 0 saturated carbocycles. The van der Waals surface area contributed by atoms with E-state index in [1.807, 2.05) is 0 Å². The van der Waals surface area contributed by atoms with Crippen molar-refractivity contribution in [2.75, 3.05) is 5.32 Å². The molecule has 1 amide bonds. The van der Waals surface area contributed by atoms with E-state index in [1.165, 1.54) is 0 Å². The maximum atomic E-state index is 12.5. The van der Waals surface area contributed by atoms with Crippen molar-refractivity contribution in [3.63, 3.8) is 0 Å². The van der Waals surface area contributed by atoms with Gasteiger partial charge in [0.15, 0.2) is 0 Å². The summed E-state index contributed by atoms with van der Waals surface area (Å²) in [6.07, 6.45) is -0.589. The number of amides is 1. The third kappa shape index (κ3) is 3.32. The van der Waals surface area contributed by atoms with E-state index in [1.54, 1.807) is 12.2 Å². The Balaban J connectivity index is 2.11. The Morgan fingerprint density at radius 2 is 2.05 bits per heavy atom. The van der Waals surface area contributed by atoms with E-state index in [0.717, 1.165) is 18.2 Å². The zero-order valence-corrected chi connectivity index (χ0v) is 11.0. The fourth-order valence-corrected chi connectivity index (χ4v) is 2.17. The number of anilines is 1. The van der Waals surface area contributed by atoms with Crippen molar-refractivity contribution in [1.82, 2.24) is 0 Å². The van der Waals surface area contributed by atoms with Crippen LogP contribution >= 0.6 is 11.6 Å². The summed E-state index contributed by atoms with van der Waals surface area (Å²) in [6.45, 7) is 0. The number of carbonyl (C=O) groups excluding carboxylic acids is 1. The Bertz CT molecular complexity index is 557. The highest BCUT2D eigenvalue weighted by atomic mass is 35.5. The molecule has 0 bridgehead atoms. The molecule has 0 heterocycles. The van der Waals surface area contributed by atoms with Crippen LogP contribution in [0.5, 0.6) is 0 Å². The van der Waals surface area contributed by atoms with Gasteiger partial charge in [-0.3, -0.25) is 4.79 Å². The molecule has 2 rings (SSSR count). The molecule has 1 aliphatic carbocycles. The van der Waals surface area contributed by atoms with Crippen molar-refractivity contribution in [3.8, 4) is 0 Å². The average molecular weight is 305 g/mol. The number of hydrogen-bond acceptors (Lipinski definition) is 2. The minimum Gasteiger partial charge on any atom is -0.324 e. The average Bonchev–Trinajstić information content (AvgIpc) is 2.77. The molecule has 20 heavy (non-hydrogen) atoms. The minimum atomic E-state index is -4.47. The highest BCUT2D eigenvalue weighted by Crippen LogP contribution is 2.34. The fourth-order valence-electron chi connectivity index (χ4n) is 1.94. The number of nitrogens with two attached hydrogens (primary N) is 1. The van der Waals surface area contributed by atoms with Gasteiger partial charge in [-0.05, 0) is 24.6 Å². The van der Waals surface area contributed by atoms with E-state index >= 15 is 0 Å². The molecule has 1 aliphatic rings. The number of alkyl halides is 3. The maximum absolute atomic E-state index is 12.5. The van der Waals surface area contributed by atoms with Gasteiger partial charge in [0.05, 0.1) is 22.2 Å². The van der Waals surface area contributed by atoms with Crippen molar-refractivity contribution < 1.29 is 18.0 Å². The molecule has 0 fully saturated rings. The molecule has 0 radical (unpaired) electrons. The molecule has 3 N–H and O–H groups in total. The molecule has 0 aliphatic heterocycles. The van der Waals surface area contributed by atoms with Crippen LogP contribution < -0.4 is 11.1 Å². The molecule has 0 spiro atoms. The van der Waals surface area contributed by atoms with Gasteiger partial charge in [0.2, 0.25) is 5.91 Å². The predicted molar refractivity (Wildman–Crippen MR) is 70.3 cm³/mol. The first-order valence-corrected chi connectivity index (χ1v) is 6.26. The van der Waals surface area contributed by atoms with Crippen LogP contribution in [0.15, 0.2) is 30.4 Å². The Kier molecular flexibility index (Phi) is 4.06. The zero-order valence-electron chi connectivity index (χ0n) is 10.2. The lowest BCUT2D eigenvalue weighted by molar-refractivity contribution is -0.137. The third-order valence-corrected chi connectivity index (χ3v) is 3.32. The van der Waals surface area contributed by atoms with E-state index in [0.29, 0.717) is 6.42 Å². The number of hydrogen-bond donors (Lipinski definition) is 2. The van der Waals surface area contributed by atoms with Crippen molar-refractivity contribution in [2.45, 2.75) is 18.6 Å². The van der Waals surface area contributed by atoms with Crippen LogP contribution in [0.3, 0.4) is 0 Å². The van der Waals surface area contributed by atoms with Crippen molar-refractivity contribution in [3.05, 3.63) is 40.9 Å². The number of benzene rings is 1. The maximum Gasteiger partial charge on any atom is 0.416 e. The highest BCUT2D eigenvalue weighted by molar-refractivity contribution is 6.33. The molecule has 1 aromatic rings. The summed E-state index contributed by atoms with van der Waals surface area (Å²) in [4.78, 5) is 11.9. The van der Waals surface area contributed by atoms with Crippen LogP contribution in [0.1, 0.15) is 12.0 Å². The number of halogens is 4. The Hall–Kier alpha value is -1.53. The molecule has 108 valence electrons. The van der Waals surface area contributed by atoms with Gasteiger partial charge in [-0.2, -0.15) is 13.2 Å². The lowest BCUT2D eigenvalue weighted by atomic mass is 10.1. The second kappa shape index (κ2) is 5.46. The monoisotopic (exact) mass is 304 g/mol. The predicted octanol–water partition coefficient (Wildman–Crippen LogP) is 3.20. The van der Waals surface area contributed by atoms with Gasteiger partial charge in [-0.1, -0.05) is 23.8 Å². The van der Waals surface area contributed by atoms with Crippen LogP contribution in [-0.2, 0) is 11.0 Å². The van der Waals surface area contributed by atoms with Gasteiger partial charge < -0.3 is 11.1 Å². The summed E-state index contributed by atoms with van der Waals surface area (Å²) >= 11 is 5.76. The minimum absolute atomic E-state index is 0.151. The second-order valence-corrected chi connectivity index (χ2v) is 4.98. The summed E-state index contributed by atoms with van der Waals surface area (Å²) in [7, 11) is 0. The lowest BCUT2D eigenvalue weighted by Gasteiger charge is -2.13. The number of nitrogens with one attached hydrogen (secondary N) is 1. The largest absolute Gasteiger partial charge is 0.416 e. The van der Waals surface area contributed by atoms with Crippen LogP contribution in [0, 0.1) is 5.92 Å². The van der Waals surface area contributed by atoms with Gasteiger partial charge in [-0.25, -0.2) is 0 Å². The standard InChI is InChI=1S/C13H12ClF3N2O/c14-10-6-8(13(15,16)17)2-4-11(10)19-12(20)7-1-3-9(18)5-7/h1-4,6-7,9H,5,18H2,(H,19,20). The van der Waals surface area contributed by atoms with Gasteiger partial charge in [0.1, 0.15) is 0 Å². The van der Waals surface area contributed by atoms with Gasteiger partial charge in [0, 0.05) is 6.04 Å². The Morgan fingerprint density at radius 1 is 1.35 bits per heavy atom. The van der Waals surface area contributed by atoms with Crippen LogP contribution in [-0.4, -0.2) is 11.9 Å². The van der Waals surface area contributed by atoms with E-state index in [9.17, 15) is 18.0 Å². The zero-order chi connectivity index (χ0) is 14.9. The summed E-state index contributed by atoms with van der Waals surface area (Å²) in [5.41, 5.74) is 4.93. The summed E-state index contributed by atoms with van der Waals surface area (Å²) < 4.78 is 37.4. The van der Waals surface area contributed by atoms with E-state index in [-0.39, 0.29) is 28.6 Å². The first kappa shape index (κ1) is 14.9. The van der Waals surface area contributed by atoms with Crippen molar-refractivity contribution in [2.24, 2.45) is 11.7 Å². The molecule has 0 saturated heterocycles.